The molecule has 0 unspecified atom stereocenters. The van der Waals surface area contributed by atoms with Gasteiger partial charge in [0, 0.05) is 12.3 Å². The summed E-state index contributed by atoms with van der Waals surface area (Å²) in [6.07, 6.45) is 2.67. The number of nitrogens with one attached hydrogen (secondary N) is 1. The van der Waals surface area contributed by atoms with Crippen LogP contribution in [0.5, 0.6) is 0 Å². The number of aromatic nitrogens is 3. The van der Waals surface area contributed by atoms with Crippen molar-refractivity contribution in [3.8, 4) is 0 Å². The molecule has 4 aromatic rings. The van der Waals surface area contributed by atoms with E-state index in [9.17, 15) is 13.2 Å². The molecule has 0 amide bonds. The Hall–Kier alpha value is -3.37. The van der Waals surface area contributed by atoms with Crippen molar-refractivity contribution in [3.63, 3.8) is 0 Å². The average molecular weight is 447 g/mol. The Morgan fingerprint density at radius 3 is 2.60 bits per heavy atom. The number of hydrogen-bond donors (Lipinski definition) is 1. The van der Waals surface area contributed by atoms with Gasteiger partial charge in [0.25, 0.3) is 10.0 Å². The highest BCUT2D eigenvalue weighted by molar-refractivity contribution is 7.90. The zero-order valence-corrected chi connectivity index (χ0v) is 17.4. The lowest BCUT2D eigenvalue weighted by Gasteiger charge is -2.09. The Kier molecular flexibility index (Phi) is 4.96. The summed E-state index contributed by atoms with van der Waals surface area (Å²) in [7, 11) is -2.69. The predicted octanol–water partition coefficient (Wildman–Crippen LogP) is 3.75. The highest BCUT2D eigenvalue weighted by atomic mass is 35.5. The van der Waals surface area contributed by atoms with Gasteiger partial charge in [-0.05, 0) is 36.7 Å². The molecule has 154 valence electrons. The Balaban J connectivity index is 1.82. The number of hydrogen-bond acceptors (Lipinski definition) is 8. The summed E-state index contributed by atoms with van der Waals surface area (Å²) in [6.45, 7) is 1.87. The largest absolute Gasteiger partial charge is 0.463 e. The molecule has 0 aliphatic carbocycles. The minimum Gasteiger partial charge on any atom is -0.463 e. The van der Waals surface area contributed by atoms with Crippen LogP contribution in [0.1, 0.15) is 16.1 Å². The number of carbonyl (C=O) groups excluding carboxylic acids is 1. The summed E-state index contributed by atoms with van der Waals surface area (Å²) in [5.74, 6) is -0.542. The van der Waals surface area contributed by atoms with Gasteiger partial charge >= 0.3 is 5.97 Å². The van der Waals surface area contributed by atoms with Gasteiger partial charge in [-0.3, -0.25) is 0 Å². The van der Waals surface area contributed by atoms with Gasteiger partial charge in [0.1, 0.15) is 5.82 Å². The van der Waals surface area contributed by atoms with Gasteiger partial charge in [-0.25, -0.2) is 17.2 Å². The van der Waals surface area contributed by atoms with Crippen molar-refractivity contribution >= 4 is 50.1 Å². The maximum absolute atomic E-state index is 13.1. The lowest BCUT2D eigenvalue weighted by molar-refractivity contribution is 0.0566. The van der Waals surface area contributed by atoms with E-state index in [0.717, 1.165) is 9.54 Å². The molecule has 0 aliphatic heterocycles. The second kappa shape index (κ2) is 7.47. The van der Waals surface area contributed by atoms with E-state index in [1.54, 1.807) is 12.1 Å². The maximum atomic E-state index is 13.1. The number of halogens is 1. The fourth-order valence-electron chi connectivity index (χ4n) is 2.86. The number of fused-ring (bicyclic) bond motifs is 1. The van der Waals surface area contributed by atoms with Crippen LogP contribution in [-0.4, -0.2) is 35.4 Å². The second-order valence-corrected chi connectivity index (χ2v) is 8.44. The third-order valence-corrected chi connectivity index (χ3v) is 6.20. The van der Waals surface area contributed by atoms with Gasteiger partial charge in [-0.15, -0.1) is 0 Å². The third-order valence-electron chi connectivity index (χ3n) is 4.35. The van der Waals surface area contributed by atoms with Crippen LogP contribution >= 0.6 is 11.6 Å². The van der Waals surface area contributed by atoms with Gasteiger partial charge < -0.3 is 14.5 Å². The Labute approximate surface area is 176 Å². The molecule has 3 aromatic heterocycles. The van der Waals surface area contributed by atoms with E-state index in [1.807, 2.05) is 6.92 Å². The number of methoxy groups -OCH3 is 1. The molecule has 0 saturated carbocycles. The highest BCUT2D eigenvalue weighted by Crippen LogP contribution is 2.30. The number of aryl methyl sites for hydroxylation is 1. The highest BCUT2D eigenvalue weighted by Gasteiger charge is 2.23. The fraction of sp³-hybridized carbons (Fsp3) is 0.105. The number of carbonyl (C=O) groups is 1. The minimum absolute atomic E-state index is 0.0629. The number of rotatable bonds is 5. The quantitative estimate of drug-likeness (QED) is 0.364. The fourth-order valence-corrected chi connectivity index (χ4v) is 4.32. The Morgan fingerprint density at radius 2 is 1.90 bits per heavy atom. The van der Waals surface area contributed by atoms with Crippen molar-refractivity contribution in [2.75, 3.05) is 12.4 Å². The average Bonchev–Trinajstić information content (AvgIpc) is 3.35. The molecule has 0 atom stereocenters. The van der Waals surface area contributed by atoms with Gasteiger partial charge in [0.2, 0.25) is 11.0 Å². The molecule has 9 nitrogen and oxygen atoms in total. The zero-order valence-electron chi connectivity index (χ0n) is 15.8. The number of ether oxygens (including phenoxy) is 1. The van der Waals surface area contributed by atoms with Crippen molar-refractivity contribution in [3.05, 3.63) is 65.5 Å². The number of benzene rings is 1. The number of nitrogens with zero attached hydrogens (tertiary/aromatic N) is 3. The van der Waals surface area contributed by atoms with Gasteiger partial charge in [-0.2, -0.15) is 9.97 Å². The van der Waals surface area contributed by atoms with Crippen molar-refractivity contribution in [2.45, 2.75) is 11.8 Å². The van der Waals surface area contributed by atoms with E-state index >= 15 is 0 Å². The lowest BCUT2D eigenvalue weighted by Crippen LogP contribution is -2.13. The predicted molar refractivity (Wildman–Crippen MR) is 110 cm³/mol. The molecule has 0 saturated heterocycles. The van der Waals surface area contributed by atoms with Crippen LogP contribution in [0.15, 0.2) is 58.2 Å². The zero-order chi connectivity index (χ0) is 21.5. The van der Waals surface area contributed by atoms with Crippen LogP contribution in [0.3, 0.4) is 0 Å². The summed E-state index contributed by atoms with van der Waals surface area (Å²) >= 11 is 6.05. The summed E-state index contributed by atoms with van der Waals surface area (Å²) < 4.78 is 37.1. The molecular formula is C19H15ClN4O5S. The SMILES string of the molecule is COC(=O)c1occc1Nc1nc(Cl)nc2c1ccn2S(=O)(=O)c1ccc(C)cc1. The first-order chi connectivity index (χ1) is 14.3. The van der Waals surface area contributed by atoms with Crippen molar-refractivity contribution in [1.82, 2.24) is 13.9 Å². The smallest absolute Gasteiger partial charge is 0.376 e. The lowest BCUT2D eigenvalue weighted by atomic mass is 10.2. The molecule has 1 aromatic carbocycles. The van der Waals surface area contributed by atoms with Crippen LogP contribution in [0, 0.1) is 6.92 Å². The molecule has 1 N–H and O–H groups in total. The van der Waals surface area contributed by atoms with E-state index < -0.39 is 16.0 Å². The van der Waals surface area contributed by atoms with Crippen LogP contribution < -0.4 is 5.32 Å². The van der Waals surface area contributed by atoms with Gasteiger partial charge in [-0.1, -0.05) is 17.7 Å². The van der Waals surface area contributed by atoms with Gasteiger partial charge in [0.15, 0.2) is 5.65 Å². The van der Waals surface area contributed by atoms with Crippen LogP contribution in [0.25, 0.3) is 11.0 Å². The van der Waals surface area contributed by atoms with Gasteiger partial charge in [0.05, 0.1) is 29.3 Å². The van der Waals surface area contributed by atoms with Crippen LogP contribution in [0.4, 0.5) is 11.5 Å². The third kappa shape index (κ3) is 3.40. The van der Waals surface area contributed by atoms with E-state index in [2.05, 4.69) is 20.0 Å². The van der Waals surface area contributed by atoms with Crippen molar-refractivity contribution in [2.24, 2.45) is 0 Å². The summed E-state index contributed by atoms with van der Waals surface area (Å²) in [5, 5.41) is 3.13. The first-order valence-electron chi connectivity index (χ1n) is 8.61. The molecule has 0 radical (unpaired) electrons. The second-order valence-electron chi connectivity index (χ2n) is 6.29. The monoisotopic (exact) mass is 446 g/mol. The topological polar surface area (TPSA) is 116 Å². The first-order valence-corrected chi connectivity index (χ1v) is 10.4. The number of anilines is 2. The molecule has 30 heavy (non-hydrogen) atoms. The number of esters is 1. The molecule has 11 heteroatoms. The number of furan rings is 1. The molecule has 4 rings (SSSR count). The van der Waals surface area contributed by atoms with Crippen LogP contribution in [-0.2, 0) is 14.8 Å². The minimum atomic E-state index is -3.91. The molecule has 3 heterocycles. The molecule has 0 bridgehead atoms. The molecule has 0 aliphatic rings. The summed E-state index contributed by atoms with van der Waals surface area (Å²) in [5.41, 5.74) is 1.30. The Morgan fingerprint density at radius 1 is 1.17 bits per heavy atom. The van der Waals surface area contributed by atoms with E-state index in [4.69, 9.17) is 16.0 Å². The summed E-state index contributed by atoms with van der Waals surface area (Å²) in [6, 6.07) is 9.51. The van der Waals surface area contributed by atoms with Crippen molar-refractivity contribution < 1.29 is 22.4 Å². The normalized spacial score (nSPS) is 11.6. The summed E-state index contributed by atoms with van der Waals surface area (Å²) in [4.78, 5) is 20.2. The van der Waals surface area contributed by atoms with E-state index in [1.165, 1.54) is 43.8 Å². The molecular weight excluding hydrogens is 432 g/mol. The molecule has 0 spiro atoms. The Bertz CT molecular complexity index is 1360. The molecule has 0 fully saturated rings. The maximum Gasteiger partial charge on any atom is 0.376 e. The first kappa shape index (κ1) is 19.9. The standard InChI is InChI=1S/C19H15ClN4O5S/c1-11-3-5-12(6-4-11)30(26,27)24-9-7-13-16(22-19(20)23-17(13)24)21-14-8-10-29-15(14)18(25)28-2/h3-10H,1-2H3,(H,21,22,23). The van der Waals surface area contributed by atoms with Crippen molar-refractivity contribution in [1.29, 1.82) is 0 Å². The van der Waals surface area contributed by atoms with E-state index in [-0.39, 0.29) is 33.1 Å². The van der Waals surface area contributed by atoms with Crippen LogP contribution in [0.2, 0.25) is 5.28 Å². The van der Waals surface area contributed by atoms with E-state index in [0.29, 0.717) is 5.39 Å².